The zero-order chi connectivity index (χ0) is 18.0. The van der Waals surface area contributed by atoms with Crippen molar-refractivity contribution in [1.82, 2.24) is 10.6 Å². The van der Waals surface area contributed by atoms with Crippen molar-refractivity contribution in [3.05, 3.63) is 29.8 Å². The molecule has 138 valence electrons. The van der Waals surface area contributed by atoms with Gasteiger partial charge in [-0.1, -0.05) is 12.1 Å². The van der Waals surface area contributed by atoms with E-state index in [1.54, 1.807) is 24.3 Å². The van der Waals surface area contributed by atoms with E-state index in [0.717, 1.165) is 18.4 Å². The Morgan fingerprint density at radius 2 is 1.96 bits per heavy atom. The Morgan fingerprint density at radius 3 is 2.56 bits per heavy atom. The van der Waals surface area contributed by atoms with Gasteiger partial charge in [0.25, 0.3) is 0 Å². The van der Waals surface area contributed by atoms with Crippen molar-refractivity contribution in [3.63, 3.8) is 0 Å². The molecule has 7 nitrogen and oxygen atoms in total. The quantitative estimate of drug-likeness (QED) is 0.617. The van der Waals surface area contributed by atoms with Crippen LogP contribution in [-0.4, -0.2) is 57.1 Å². The van der Waals surface area contributed by atoms with E-state index in [2.05, 4.69) is 10.6 Å². The highest BCUT2D eigenvalue weighted by Crippen LogP contribution is 2.28. The number of carbonyl (C=O) groups excluding carboxylic acids is 1. The van der Waals surface area contributed by atoms with Gasteiger partial charge in [0.05, 0.1) is 23.6 Å². The third kappa shape index (κ3) is 4.78. The molecule has 0 spiro atoms. The Bertz CT molecular complexity index is 715. The molecular weight excluding hydrogens is 344 g/mol. The smallest absolute Gasteiger partial charge is 0.223 e. The zero-order valence-corrected chi connectivity index (χ0v) is 15.0. The van der Waals surface area contributed by atoms with Gasteiger partial charge in [0.15, 0.2) is 9.84 Å². The number of amides is 1. The summed E-state index contributed by atoms with van der Waals surface area (Å²) in [5.74, 6) is 0.181. The first kappa shape index (κ1) is 18.3. The average molecular weight is 368 g/mol. The van der Waals surface area contributed by atoms with Crippen molar-refractivity contribution in [1.29, 1.82) is 0 Å². The van der Waals surface area contributed by atoms with Crippen molar-refractivity contribution in [2.45, 2.75) is 42.5 Å². The van der Waals surface area contributed by atoms with Crippen LogP contribution in [0.3, 0.4) is 0 Å². The molecule has 0 aromatic heterocycles. The van der Waals surface area contributed by atoms with Crippen LogP contribution >= 0.6 is 0 Å². The van der Waals surface area contributed by atoms with E-state index < -0.39 is 22.0 Å². The maximum absolute atomic E-state index is 11.7. The number of rotatable bonds is 7. The fraction of sp³-hybridized carbons (Fsp3) is 0.588. The lowest BCUT2D eigenvalue weighted by atomic mass is 10.1. The van der Waals surface area contributed by atoms with E-state index in [9.17, 15) is 18.3 Å². The van der Waals surface area contributed by atoms with Gasteiger partial charge in [-0.05, 0) is 30.5 Å². The predicted octanol–water partition coefficient (Wildman–Crippen LogP) is -0.166. The number of hydrogen-bond donors (Lipinski definition) is 3. The number of nitrogens with one attached hydrogen (secondary N) is 2. The highest BCUT2D eigenvalue weighted by molar-refractivity contribution is 7.90. The van der Waals surface area contributed by atoms with Gasteiger partial charge in [-0.25, -0.2) is 8.42 Å². The molecule has 25 heavy (non-hydrogen) atoms. The van der Waals surface area contributed by atoms with Crippen molar-refractivity contribution >= 4 is 15.7 Å². The molecule has 0 bridgehead atoms. The normalized spacial score (nSPS) is 26.6. The van der Waals surface area contributed by atoms with Gasteiger partial charge >= 0.3 is 0 Å². The molecule has 3 rings (SSSR count). The molecule has 1 aromatic rings. The third-order valence-corrected chi connectivity index (χ3v) is 5.76. The summed E-state index contributed by atoms with van der Waals surface area (Å²) >= 11 is 0. The van der Waals surface area contributed by atoms with Crippen LogP contribution in [0.5, 0.6) is 0 Å². The lowest BCUT2D eigenvalue weighted by Gasteiger charge is -2.19. The summed E-state index contributed by atoms with van der Waals surface area (Å²) in [6.45, 7) is 1.18. The zero-order valence-electron chi connectivity index (χ0n) is 14.1. The van der Waals surface area contributed by atoms with Crippen molar-refractivity contribution < 1.29 is 23.1 Å². The van der Waals surface area contributed by atoms with Crippen LogP contribution in [0.15, 0.2) is 29.2 Å². The molecule has 3 N–H and O–H groups in total. The molecule has 2 aliphatic rings. The largest absolute Gasteiger partial charge is 0.389 e. The minimum Gasteiger partial charge on any atom is -0.389 e. The predicted molar refractivity (Wildman–Crippen MR) is 91.7 cm³/mol. The van der Waals surface area contributed by atoms with Crippen molar-refractivity contribution in [2.75, 3.05) is 19.4 Å². The van der Waals surface area contributed by atoms with Crippen LogP contribution < -0.4 is 10.6 Å². The Morgan fingerprint density at radius 1 is 1.28 bits per heavy atom. The third-order valence-electron chi connectivity index (χ3n) is 4.63. The number of carbonyl (C=O) groups is 1. The minimum absolute atomic E-state index is 0.0400. The number of aliphatic hydroxyl groups excluding tert-OH is 1. The SMILES string of the molecule is CS(=O)(=O)c1ccc(CN[C@@H]2CO[C@H](CNC(=O)C3CC3)[C@H]2O)cc1. The highest BCUT2D eigenvalue weighted by Gasteiger charge is 2.37. The fourth-order valence-electron chi connectivity index (χ4n) is 2.84. The monoisotopic (exact) mass is 368 g/mol. The van der Waals surface area contributed by atoms with Gasteiger partial charge in [-0.2, -0.15) is 0 Å². The summed E-state index contributed by atoms with van der Waals surface area (Å²) < 4.78 is 28.5. The second kappa shape index (κ2) is 7.41. The summed E-state index contributed by atoms with van der Waals surface area (Å²) in [7, 11) is -3.20. The van der Waals surface area contributed by atoms with Crippen LogP contribution in [0.1, 0.15) is 18.4 Å². The molecule has 1 saturated heterocycles. The van der Waals surface area contributed by atoms with E-state index in [0.29, 0.717) is 19.7 Å². The van der Waals surface area contributed by atoms with E-state index in [-0.39, 0.29) is 22.8 Å². The lowest BCUT2D eigenvalue weighted by molar-refractivity contribution is -0.123. The first-order valence-corrected chi connectivity index (χ1v) is 10.3. The van der Waals surface area contributed by atoms with Gasteiger partial charge in [0.2, 0.25) is 5.91 Å². The Balaban J connectivity index is 1.46. The molecule has 1 aromatic carbocycles. The topological polar surface area (TPSA) is 105 Å². The molecule has 0 unspecified atom stereocenters. The summed E-state index contributed by atoms with van der Waals surface area (Å²) in [6.07, 6.45) is 1.96. The molecule has 0 radical (unpaired) electrons. The summed E-state index contributed by atoms with van der Waals surface area (Å²) in [5, 5.41) is 16.4. The number of hydrogen-bond acceptors (Lipinski definition) is 6. The maximum atomic E-state index is 11.7. The molecule has 1 aliphatic heterocycles. The van der Waals surface area contributed by atoms with Crippen LogP contribution in [0, 0.1) is 5.92 Å². The highest BCUT2D eigenvalue weighted by atomic mass is 32.2. The summed E-state index contributed by atoms with van der Waals surface area (Å²) in [6, 6.07) is 6.42. The Hall–Kier alpha value is -1.48. The second-order valence-corrected chi connectivity index (χ2v) is 8.80. The van der Waals surface area contributed by atoms with E-state index in [1.165, 1.54) is 6.26 Å². The average Bonchev–Trinajstić information content (AvgIpc) is 3.36. The molecular formula is C17H24N2O5S. The number of ether oxygens (including phenoxy) is 1. The standard InChI is InChI=1S/C17H24N2O5S/c1-25(22,23)13-6-2-11(3-7-13)8-18-14-10-24-15(16(14)20)9-19-17(21)12-4-5-12/h2-3,6-7,12,14-16,18,20H,4-5,8-10H2,1H3,(H,19,21)/t14-,15-,16+/m1/s1. The van der Waals surface area contributed by atoms with Crippen LogP contribution in [0.25, 0.3) is 0 Å². The fourth-order valence-corrected chi connectivity index (χ4v) is 3.47. The van der Waals surface area contributed by atoms with Crippen molar-refractivity contribution in [2.24, 2.45) is 5.92 Å². The lowest BCUT2D eigenvalue weighted by Crippen LogP contribution is -2.44. The van der Waals surface area contributed by atoms with Crippen LogP contribution in [0.2, 0.25) is 0 Å². The molecule has 1 amide bonds. The first-order chi connectivity index (χ1) is 11.8. The molecule has 1 aliphatic carbocycles. The van der Waals surface area contributed by atoms with E-state index >= 15 is 0 Å². The Labute approximate surface area is 147 Å². The molecule has 1 heterocycles. The van der Waals surface area contributed by atoms with Gasteiger partial charge in [0.1, 0.15) is 6.10 Å². The number of benzene rings is 1. The van der Waals surface area contributed by atoms with Gasteiger partial charge in [-0.15, -0.1) is 0 Å². The van der Waals surface area contributed by atoms with Crippen LogP contribution in [-0.2, 0) is 25.9 Å². The summed E-state index contributed by atoms with van der Waals surface area (Å²) in [5.41, 5.74) is 0.921. The number of aliphatic hydroxyl groups is 1. The van der Waals surface area contributed by atoms with E-state index in [4.69, 9.17) is 4.74 Å². The minimum atomic E-state index is -3.20. The van der Waals surface area contributed by atoms with Crippen molar-refractivity contribution in [3.8, 4) is 0 Å². The van der Waals surface area contributed by atoms with Gasteiger partial charge in [0, 0.05) is 25.3 Å². The molecule has 1 saturated carbocycles. The Kier molecular flexibility index (Phi) is 5.43. The summed E-state index contributed by atoms with van der Waals surface area (Å²) in [4.78, 5) is 11.9. The molecule has 3 atom stereocenters. The van der Waals surface area contributed by atoms with Gasteiger partial charge < -0.3 is 20.5 Å². The molecule has 8 heteroatoms. The first-order valence-electron chi connectivity index (χ1n) is 8.44. The van der Waals surface area contributed by atoms with Crippen LogP contribution in [0.4, 0.5) is 0 Å². The van der Waals surface area contributed by atoms with Gasteiger partial charge in [-0.3, -0.25) is 4.79 Å². The number of sulfone groups is 1. The molecule has 2 fully saturated rings. The maximum Gasteiger partial charge on any atom is 0.223 e. The second-order valence-electron chi connectivity index (χ2n) is 6.79. The van der Waals surface area contributed by atoms with E-state index in [1.807, 2.05) is 0 Å².